The molecule has 1 atom stereocenters. The zero-order valence-corrected chi connectivity index (χ0v) is 9.57. The van der Waals surface area contributed by atoms with E-state index in [4.69, 9.17) is 0 Å². The lowest BCUT2D eigenvalue weighted by molar-refractivity contribution is 0.310. The Bertz CT molecular complexity index is 286. The first-order valence-electron chi connectivity index (χ1n) is 4.87. The Hall–Kier alpha value is -0.970. The molecule has 0 fully saturated rings. The van der Waals surface area contributed by atoms with Gasteiger partial charge in [-0.1, -0.05) is 20.8 Å². The van der Waals surface area contributed by atoms with Crippen molar-refractivity contribution in [2.75, 3.05) is 7.05 Å². The van der Waals surface area contributed by atoms with Gasteiger partial charge in [0.2, 0.25) is 0 Å². The van der Waals surface area contributed by atoms with Crippen LogP contribution < -0.4 is 5.32 Å². The van der Waals surface area contributed by atoms with E-state index in [1.54, 1.807) is 0 Å². The molecular formula is C9H19N5. The van der Waals surface area contributed by atoms with Crippen LogP contribution in [0.2, 0.25) is 0 Å². The Labute approximate surface area is 84.9 Å². The lowest BCUT2D eigenvalue weighted by atomic mass is 9.97. The van der Waals surface area contributed by atoms with Crippen molar-refractivity contribution in [1.29, 1.82) is 0 Å². The van der Waals surface area contributed by atoms with Gasteiger partial charge in [-0.25, -0.2) is 4.68 Å². The van der Waals surface area contributed by atoms with Gasteiger partial charge in [-0.3, -0.25) is 0 Å². The molecule has 1 heterocycles. The van der Waals surface area contributed by atoms with Gasteiger partial charge in [0, 0.05) is 6.54 Å². The molecule has 0 radical (unpaired) electrons. The molecule has 0 aliphatic rings. The molecule has 0 bridgehead atoms. The Morgan fingerprint density at radius 3 is 2.57 bits per heavy atom. The molecule has 1 unspecified atom stereocenters. The van der Waals surface area contributed by atoms with Crippen LogP contribution in [0.4, 0.5) is 0 Å². The molecule has 0 amide bonds. The monoisotopic (exact) mass is 197 g/mol. The molecule has 1 N–H and O–H groups in total. The normalized spacial score (nSPS) is 14.4. The van der Waals surface area contributed by atoms with Gasteiger partial charge in [0.25, 0.3) is 0 Å². The van der Waals surface area contributed by atoms with Gasteiger partial charge in [-0.2, -0.15) is 0 Å². The minimum absolute atomic E-state index is 0.187. The fourth-order valence-corrected chi connectivity index (χ4v) is 1.21. The van der Waals surface area contributed by atoms with Crippen LogP contribution in [0.15, 0.2) is 0 Å². The summed E-state index contributed by atoms with van der Waals surface area (Å²) in [6.45, 7) is 9.39. The highest BCUT2D eigenvalue weighted by Crippen LogP contribution is 2.17. The van der Waals surface area contributed by atoms with Crippen LogP contribution in [-0.4, -0.2) is 27.3 Å². The SMILES string of the molecule is CNC(C)c1nnnn1CC(C)(C)C. The van der Waals surface area contributed by atoms with Crippen molar-refractivity contribution < 1.29 is 0 Å². The fraction of sp³-hybridized carbons (Fsp3) is 0.889. The van der Waals surface area contributed by atoms with Crippen LogP contribution in [0.3, 0.4) is 0 Å². The van der Waals surface area contributed by atoms with Crippen LogP contribution in [0.5, 0.6) is 0 Å². The maximum atomic E-state index is 4.01. The molecule has 1 rings (SSSR count). The predicted octanol–water partition coefficient (Wildman–Crippen LogP) is 1.000. The number of aromatic nitrogens is 4. The van der Waals surface area contributed by atoms with Gasteiger partial charge in [0.05, 0.1) is 6.04 Å². The first-order valence-corrected chi connectivity index (χ1v) is 4.87. The van der Waals surface area contributed by atoms with Crippen molar-refractivity contribution in [3.05, 3.63) is 5.82 Å². The first-order chi connectivity index (χ1) is 6.44. The third kappa shape index (κ3) is 2.77. The van der Waals surface area contributed by atoms with Gasteiger partial charge in [0.15, 0.2) is 5.82 Å². The fourth-order valence-electron chi connectivity index (χ4n) is 1.21. The summed E-state index contributed by atoms with van der Waals surface area (Å²) in [6, 6.07) is 0.187. The summed E-state index contributed by atoms with van der Waals surface area (Å²) in [4.78, 5) is 0. The van der Waals surface area contributed by atoms with Crippen molar-refractivity contribution in [3.63, 3.8) is 0 Å². The van der Waals surface area contributed by atoms with Crippen LogP contribution in [0.1, 0.15) is 39.6 Å². The molecule has 0 saturated carbocycles. The lowest BCUT2D eigenvalue weighted by Crippen LogP contribution is -2.23. The van der Waals surface area contributed by atoms with Gasteiger partial charge >= 0.3 is 0 Å². The minimum Gasteiger partial charge on any atom is -0.311 e. The van der Waals surface area contributed by atoms with E-state index in [1.165, 1.54) is 0 Å². The summed E-state index contributed by atoms with van der Waals surface area (Å²) in [6.07, 6.45) is 0. The van der Waals surface area contributed by atoms with Crippen molar-refractivity contribution in [1.82, 2.24) is 25.5 Å². The van der Waals surface area contributed by atoms with Gasteiger partial charge in [-0.15, -0.1) is 5.10 Å². The third-order valence-corrected chi connectivity index (χ3v) is 2.00. The quantitative estimate of drug-likeness (QED) is 0.785. The summed E-state index contributed by atoms with van der Waals surface area (Å²) in [7, 11) is 1.90. The summed E-state index contributed by atoms with van der Waals surface area (Å²) in [5, 5.41) is 14.8. The van der Waals surface area contributed by atoms with Crippen molar-refractivity contribution in [2.45, 2.75) is 40.3 Å². The summed E-state index contributed by atoms with van der Waals surface area (Å²) in [5.41, 5.74) is 0.192. The van der Waals surface area contributed by atoms with Crippen molar-refractivity contribution >= 4 is 0 Å². The largest absolute Gasteiger partial charge is 0.311 e. The maximum absolute atomic E-state index is 4.01. The summed E-state index contributed by atoms with van der Waals surface area (Å²) < 4.78 is 1.86. The standard InChI is InChI=1S/C9H19N5/c1-7(10-5)8-11-12-13-14(8)6-9(2,3)4/h7,10H,6H2,1-5H3. The molecule has 5 nitrogen and oxygen atoms in total. The molecule has 0 spiro atoms. The molecule has 0 saturated heterocycles. The zero-order valence-electron chi connectivity index (χ0n) is 9.57. The second-order valence-corrected chi connectivity index (χ2v) is 4.77. The zero-order chi connectivity index (χ0) is 10.8. The lowest BCUT2D eigenvalue weighted by Gasteiger charge is -2.19. The Balaban J connectivity index is 2.82. The van der Waals surface area contributed by atoms with Crippen molar-refractivity contribution in [2.24, 2.45) is 5.41 Å². The van der Waals surface area contributed by atoms with Gasteiger partial charge in [0.1, 0.15) is 0 Å². The number of tetrazole rings is 1. The summed E-state index contributed by atoms with van der Waals surface area (Å²) in [5.74, 6) is 0.891. The molecule has 1 aromatic heterocycles. The van der Waals surface area contributed by atoms with E-state index in [2.05, 4.69) is 41.6 Å². The average molecular weight is 197 g/mol. The highest BCUT2D eigenvalue weighted by molar-refractivity contribution is 4.89. The van der Waals surface area contributed by atoms with Crippen LogP contribution in [0, 0.1) is 5.41 Å². The van der Waals surface area contributed by atoms with Crippen LogP contribution in [-0.2, 0) is 6.54 Å². The third-order valence-electron chi connectivity index (χ3n) is 2.00. The molecule has 14 heavy (non-hydrogen) atoms. The van der Waals surface area contributed by atoms with Crippen LogP contribution >= 0.6 is 0 Å². The van der Waals surface area contributed by atoms with E-state index in [9.17, 15) is 0 Å². The molecule has 0 aliphatic heterocycles. The smallest absolute Gasteiger partial charge is 0.167 e. The molecule has 1 aromatic rings. The predicted molar refractivity (Wildman–Crippen MR) is 54.7 cm³/mol. The first kappa shape index (κ1) is 11.1. The second-order valence-electron chi connectivity index (χ2n) is 4.77. The second kappa shape index (κ2) is 4.04. The van der Waals surface area contributed by atoms with Gasteiger partial charge < -0.3 is 5.32 Å². The Morgan fingerprint density at radius 2 is 2.07 bits per heavy atom. The van der Waals surface area contributed by atoms with E-state index in [0.29, 0.717) is 0 Å². The average Bonchev–Trinajstić information content (AvgIpc) is 2.48. The molecule has 80 valence electrons. The number of hydrogen-bond acceptors (Lipinski definition) is 4. The Morgan fingerprint density at radius 1 is 1.43 bits per heavy atom. The van der Waals surface area contributed by atoms with Gasteiger partial charge in [-0.05, 0) is 29.8 Å². The maximum Gasteiger partial charge on any atom is 0.167 e. The molecular weight excluding hydrogens is 178 g/mol. The van der Waals surface area contributed by atoms with E-state index in [-0.39, 0.29) is 11.5 Å². The topological polar surface area (TPSA) is 55.6 Å². The van der Waals surface area contributed by atoms with Crippen LogP contribution in [0.25, 0.3) is 0 Å². The van der Waals surface area contributed by atoms with Crippen molar-refractivity contribution in [3.8, 4) is 0 Å². The highest BCUT2D eigenvalue weighted by atomic mass is 15.5. The highest BCUT2D eigenvalue weighted by Gasteiger charge is 2.18. The number of nitrogens with zero attached hydrogens (tertiary/aromatic N) is 4. The Kier molecular flexibility index (Phi) is 3.21. The minimum atomic E-state index is 0.187. The molecule has 5 heteroatoms. The number of rotatable bonds is 3. The summed E-state index contributed by atoms with van der Waals surface area (Å²) >= 11 is 0. The van der Waals surface area contributed by atoms with E-state index in [0.717, 1.165) is 12.4 Å². The van der Waals surface area contributed by atoms with E-state index in [1.807, 2.05) is 18.7 Å². The van der Waals surface area contributed by atoms with E-state index < -0.39 is 0 Å². The molecule has 0 aromatic carbocycles. The van der Waals surface area contributed by atoms with E-state index >= 15 is 0 Å². The number of nitrogens with one attached hydrogen (secondary N) is 1. The number of hydrogen-bond donors (Lipinski definition) is 1. The molecule has 0 aliphatic carbocycles.